The first kappa shape index (κ1) is 14.0. The van der Waals surface area contributed by atoms with Gasteiger partial charge < -0.3 is 10.1 Å². The van der Waals surface area contributed by atoms with Crippen LogP contribution in [0.1, 0.15) is 38.8 Å². The van der Waals surface area contributed by atoms with Crippen LogP contribution in [-0.2, 0) is 0 Å². The molecule has 0 aliphatic heterocycles. The normalized spacial score (nSPS) is 13.5. The lowest BCUT2D eigenvalue weighted by Crippen LogP contribution is -2.41. The van der Waals surface area contributed by atoms with Crippen LogP contribution < -0.4 is 10.1 Å². The number of ether oxygens (including phenoxy) is 1. The van der Waals surface area contributed by atoms with Crippen LogP contribution in [-0.4, -0.2) is 18.2 Å². The Hall–Kier alpha value is -1.02. The highest BCUT2D eigenvalue weighted by atomic mass is 16.5. The van der Waals surface area contributed by atoms with E-state index in [9.17, 15) is 0 Å². The molecule has 2 heteroatoms. The van der Waals surface area contributed by atoms with Gasteiger partial charge in [-0.3, -0.25) is 0 Å². The van der Waals surface area contributed by atoms with Crippen LogP contribution in [0.3, 0.4) is 0 Å². The lowest BCUT2D eigenvalue weighted by molar-refractivity contribution is 0.202. The zero-order valence-electron chi connectivity index (χ0n) is 11.9. The SMILES string of the molecule is Cc1cccc(OC(C)CNC(C)(C)C)c1C. The maximum atomic E-state index is 5.96. The highest BCUT2D eigenvalue weighted by Gasteiger charge is 2.12. The van der Waals surface area contributed by atoms with Crippen LogP contribution in [0.15, 0.2) is 18.2 Å². The Morgan fingerprint density at radius 1 is 1.24 bits per heavy atom. The third-order valence-corrected chi connectivity index (χ3v) is 2.80. The fraction of sp³-hybridized carbons (Fsp3) is 0.600. The van der Waals surface area contributed by atoms with Crippen molar-refractivity contribution in [1.29, 1.82) is 0 Å². The van der Waals surface area contributed by atoms with Crippen LogP contribution >= 0.6 is 0 Å². The van der Waals surface area contributed by atoms with Gasteiger partial charge in [0.05, 0.1) is 0 Å². The van der Waals surface area contributed by atoms with Gasteiger partial charge >= 0.3 is 0 Å². The molecule has 0 spiro atoms. The Bertz CT molecular complexity index is 366. The summed E-state index contributed by atoms with van der Waals surface area (Å²) in [6.07, 6.45) is 0.176. The van der Waals surface area contributed by atoms with Crippen molar-refractivity contribution in [3.05, 3.63) is 29.3 Å². The van der Waals surface area contributed by atoms with Gasteiger partial charge in [-0.1, -0.05) is 12.1 Å². The highest BCUT2D eigenvalue weighted by Crippen LogP contribution is 2.21. The molecule has 1 aromatic rings. The van der Waals surface area contributed by atoms with Gasteiger partial charge in [-0.25, -0.2) is 0 Å². The van der Waals surface area contributed by atoms with Crippen molar-refractivity contribution in [3.63, 3.8) is 0 Å². The van der Waals surface area contributed by atoms with E-state index in [1.54, 1.807) is 0 Å². The van der Waals surface area contributed by atoms with Crippen LogP contribution in [0.5, 0.6) is 5.75 Å². The molecule has 0 saturated carbocycles. The summed E-state index contributed by atoms with van der Waals surface area (Å²) in [6, 6.07) is 6.19. The average molecular weight is 235 g/mol. The summed E-state index contributed by atoms with van der Waals surface area (Å²) in [4.78, 5) is 0. The number of rotatable bonds is 4. The molecule has 0 heterocycles. The first-order valence-corrected chi connectivity index (χ1v) is 6.27. The first-order chi connectivity index (χ1) is 7.79. The third-order valence-electron chi connectivity index (χ3n) is 2.80. The maximum absolute atomic E-state index is 5.96. The molecule has 0 aliphatic carbocycles. The molecule has 0 bridgehead atoms. The molecule has 17 heavy (non-hydrogen) atoms. The van der Waals surface area contributed by atoms with E-state index >= 15 is 0 Å². The minimum absolute atomic E-state index is 0.138. The Morgan fingerprint density at radius 2 is 1.88 bits per heavy atom. The summed E-state index contributed by atoms with van der Waals surface area (Å²) in [5.74, 6) is 0.994. The molecule has 0 amide bonds. The Labute approximate surface area is 105 Å². The Balaban J connectivity index is 2.56. The van der Waals surface area contributed by atoms with Crippen molar-refractivity contribution in [2.24, 2.45) is 0 Å². The van der Waals surface area contributed by atoms with E-state index in [2.05, 4.69) is 52.9 Å². The molecular weight excluding hydrogens is 210 g/mol. The molecule has 1 rings (SSSR count). The molecule has 1 aromatic carbocycles. The molecule has 1 N–H and O–H groups in total. The quantitative estimate of drug-likeness (QED) is 0.863. The molecule has 2 nitrogen and oxygen atoms in total. The van der Waals surface area contributed by atoms with Crippen LogP contribution in [0.25, 0.3) is 0 Å². The second kappa shape index (κ2) is 5.54. The maximum Gasteiger partial charge on any atom is 0.122 e. The Kier molecular flexibility index (Phi) is 4.58. The van der Waals surface area contributed by atoms with Crippen molar-refractivity contribution in [3.8, 4) is 5.75 Å². The van der Waals surface area contributed by atoms with Gasteiger partial charge in [0, 0.05) is 12.1 Å². The van der Waals surface area contributed by atoms with E-state index < -0.39 is 0 Å². The third kappa shape index (κ3) is 4.78. The van der Waals surface area contributed by atoms with Gasteiger partial charge in [-0.2, -0.15) is 0 Å². The minimum atomic E-state index is 0.138. The fourth-order valence-electron chi connectivity index (χ4n) is 1.56. The van der Waals surface area contributed by atoms with Crippen molar-refractivity contribution >= 4 is 0 Å². The zero-order valence-corrected chi connectivity index (χ0v) is 11.9. The molecular formula is C15H25NO. The van der Waals surface area contributed by atoms with E-state index in [4.69, 9.17) is 4.74 Å². The number of hydrogen-bond acceptors (Lipinski definition) is 2. The largest absolute Gasteiger partial charge is 0.489 e. The molecule has 0 fully saturated rings. The lowest BCUT2D eigenvalue weighted by Gasteiger charge is -2.24. The van der Waals surface area contributed by atoms with E-state index in [0.29, 0.717) is 0 Å². The molecule has 0 aromatic heterocycles. The van der Waals surface area contributed by atoms with Crippen LogP contribution in [0.4, 0.5) is 0 Å². The molecule has 1 unspecified atom stereocenters. The predicted octanol–water partition coefficient (Wildman–Crippen LogP) is 3.46. The van der Waals surface area contributed by atoms with Gasteiger partial charge in [0.1, 0.15) is 11.9 Å². The van der Waals surface area contributed by atoms with Crippen molar-refractivity contribution in [2.75, 3.05) is 6.54 Å². The smallest absolute Gasteiger partial charge is 0.122 e. The summed E-state index contributed by atoms with van der Waals surface area (Å²) >= 11 is 0. The molecule has 96 valence electrons. The molecule has 0 radical (unpaired) electrons. The lowest BCUT2D eigenvalue weighted by atomic mass is 10.1. The number of aryl methyl sites for hydroxylation is 1. The van der Waals surface area contributed by atoms with E-state index in [1.165, 1.54) is 11.1 Å². The number of nitrogens with one attached hydrogen (secondary N) is 1. The summed E-state index contributed by atoms with van der Waals surface area (Å²) in [5, 5.41) is 3.45. The second-order valence-electron chi connectivity index (χ2n) is 5.76. The fourth-order valence-corrected chi connectivity index (χ4v) is 1.56. The molecule has 0 aliphatic rings. The highest BCUT2D eigenvalue weighted by molar-refractivity contribution is 5.38. The standard InChI is InChI=1S/C15H25NO/c1-11-8-7-9-14(13(11)3)17-12(2)10-16-15(4,5)6/h7-9,12,16H,10H2,1-6H3. The predicted molar refractivity (Wildman–Crippen MR) is 73.8 cm³/mol. The summed E-state index contributed by atoms with van der Waals surface area (Å²) < 4.78 is 5.96. The van der Waals surface area contributed by atoms with E-state index in [0.717, 1.165) is 12.3 Å². The van der Waals surface area contributed by atoms with Crippen LogP contribution in [0, 0.1) is 13.8 Å². The van der Waals surface area contributed by atoms with Gasteiger partial charge in [0.2, 0.25) is 0 Å². The molecule has 1 atom stereocenters. The summed E-state index contributed by atoms with van der Waals surface area (Å²) in [5.41, 5.74) is 2.65. The average Bonchev–Trinajstić information content (AvgIpc) is 2.21. The second-order valence-corrected chi connectivity index (χ2v) is 5.76. The van der Waals surface area contributed by atoms with Crippen molar-refractivity contribution in [1.82, 2.24) is 5.32 Å². The minimum Gasteiger partial charge on any atom is -0.489 e. The monoisotopic (exact) mass is 235 g/mol. The van der Waals surface area contributed by atoms with Gasteiger partial charge in [0.25, 0.3) is 0 Å². The summed E-state index contributed by atoms with van der Waals surface area (Å²) in [7, 11) is 0. The van der Waals surface area contributed by atoms with Gasteiger partial charge in [-0.15, -0.1) is 0 Å². The van der Waals surface area contributed by atoms with Crippen LogP contribution in [0.2, 0.25) is 0 Å². The summed E-state index contributed by atoms with van der Waals surface area (Å²) in [6.45, 7) is 13.7. The van der Waals surface area contributed by atoms with E-state index in [-0.39, 0.29) is 11.6 Å². The van der Waals surface area contributed by atoms with E-state index in [1.807, 2.05) is 12.1 Å². The van der Waals surface area contributed by atoms with Crippen molar-refractivity contribution in [2.45, 2.75) is 53.2 Å². The Morgan fingerprint density at radius 3 is 2.47 bits per heavy atom. The van der Waals surface area contributed by atoms with Crippen molar-refractivity contribution < 1.29 is 4.74 Å². The first-order valence-electron chi connectivity index (χ1n) is 6.27. The zero-order chi connectivity index (χ0) is 13.1. The number of benzene rings is 1. The number of hydrogen-bond donors (Lipinski definition) is 1. The topological polar surface area (TPSA) is 21.3 Å². The molecule has 0 saturated heterocycles. The van der Waals surface area contributed by atoms with Gasteiger partial charge in [0.15, 0.2) is 0 Å². The van der Waals surface area contributed by atoms with Gasteiger partial charge in [-0.05, 0) is 58.7 Å².